The van der Waals surface area contributed by atoms with Gasteiger partial charge >= 0.3 is 0 Å². The van der Waals surface area contributed by atoms with E-state index in [2.05, 4.69) is 55.2 Å². The lowest BCUT2D eigenvalue weighted by molar-refractivity contribution is 0.466. The second kappa shape index (κ2) is 6.99. The van der Waals surface area contributed by atoms with E-state index in [0.717, 1.165) is 25.2 Å². The molecular formula is C15H24N4S. The highest BCUT2D eigenvalue weighted by atomic mass is 32.1. The summed E-state index contributed by atoms with van der Waals surface area (Å²) in [5.41, 5.74) is 0. The number of hydrogen-bond donors (Lipinski definition) is 1. The van der Waals surface area contributed by atoms with Crippen LogP contribution in [-0.4, -0.2) is 21.3 Å². The maximum atomic E-state index is 4.43. The summed E-state index contributed by atoms with van der Waals surface area (Å²) in [6, 6.07) is 5.09. The second-order valence-corrected chi connectivity index (χ2v) is 6.69. The molecule has 1 atom stereocenters. The molecule has 4 nitrogen and oxygen atoms in total. The summed E-state index contributed by atoms with van der Waals surface area (Å²) in [7, 11) is 0. The van der Waals surface area contributed by atoms with Crippen molar-refractivity contribution in [1.82, 2.24) is 20.1 Å². The highest BCUT2D eigenvalue weighted by Crippen LogP contribution is 2.25. The van der Waals surface area contributed by atoms with Crippen LogP contribution in [0, 0.1) is 6.92 Å². The van der Waals surface area contributed by atoms with Gasteiger partial charge in [0.15, 0.2) is 0 Å². The predicted octanol–water partition coefficient (Wildman–Crippen LogP) is 3.51. The fourth-order valence-corrected chi connectivity index (χ4v) is 3.22. The Morgan fingerprint density at radius 3 is 2.75 bits per heavy atom. The average molecular weight is 292 g/mol. The highest BCUT2D eigenvalue weighted by molar-refractivity contribution is 7.12. The molecule has 2 aromatic rings. The molecule has 0 spiro atoms. The van der Waals surface area contributed by atoms with Crippen molar-refractivity contribution in [1.29, 1.82) is 0 Å². The van der Waals surface area contributed by atoms with Crippen molar-refractivity contribution < 1.29 is 0 Å². The Hall–Kier alpha value is -1.20. The van der Waals surface area contributed by atoms with E-state index in [0.29, 0.717) is 12.1 Å². The van der Waals surface area contributed by atoms with Gasteiger partial charge in [-0.2, -0.15) is 5.10 Å². The summed E-state index contributed by atoms with van der Waals surface area (Å²) in [5, 5.41) is 7.96. The van der Waals surface area contributed by atoms with Gasteiger partial charge in [0, 0.05) is 28.3 Å². The van der Waals surface area contributed by atoms with E-state index in [1.54, 1.807) is 6.33 Å². The molecule has 0 saturated heterocycles. The minimum Gasteiger partial charge on any atom is -0.309 e. The molecule has 0 aliphatic rings. The van der Waals surface area contributed by atoms with Crippen LogP contribution >= 0.6 is 11.3 Å². The monoisotopic (exact) mass is 292 g/mol. The van der Waals surface area contributed by atoms with Gasteiger partial charge < -0.3 is 5.32 Å². The molecule has 110 valence electrons. The largest absolute Gasteiger partial charge is 0.309 e. The molecule has 2 aromatic heterocycles. The second-order valence-electron chi connectivity index (χ2n) is 5.37. The third kappa shape index (κ3) is 3.67. The number of thiophene rings is 1. The number of nitrogens with one attached hydrogen (secondary N) is 1. The first-order chi connectivity index (χ1) is 9.61. The summed E-state index contributed by atoms with van der Waals surface area (Å²) in [6.45, 7) is 9.66. The van der Waals surface area contributed by atoms with Gasteiger partial charge in [-0.25, -0.2) is 9.67 Å². The van der Waals surface area contributed by atoms with Gasteiger partial charge in [-0.05, 0) is 45.9 Å². The van der Waals surface area contributed by atoms with Crippen LogP contribution in [0.4, 0.5) is 0 Å². The first-order valence-corrected chi connectivity index (χ1v) is 8.11. The van der Waals surface area contributed by atoms with Crippen molar-refractivity contribution in [2.45, 2.75) is 52.6 Å². The molecule has 0 aromatic carbocycles. The van der Waals surface area contributed by atoms with E-state index in [-0.39, 0.29) is 0 Å². The van der Waals surface area contributed by atoms with Crippen LogP contribution in [0.2, 0.25) is 0 Å². The van der Waals surface area contributed by atoms with Crippen LogP contribution in [-0.2, 0) is 6.42 Å². The maximum absolute atomic E-state index is 4.43. The van der Waals surface area contributed by atoms with Crippen LogP contribution in [0.3, 0.4) is 0 Å². The lowest BCUT2D eigenvalue weighted by atomic mass is 10.1. The standard InChI is InChI=1S/C15H24N4S/c1-5-8-16-13(14-7-6-12(4)20-14)9-15-17-10-18-19(15)11(2)3/h6-7,10-11,13,16H,5,8-9H2,1-4H3. The summed E-state index contributed by atoms with van der Waals surface area (Å²) in [6.07, 6.45) is 3.68. The number of aromatic nitrogens is 3. The fourth-order valence-electron chi connectivity index (χ4n) is 2.27. The molecule has 0 radical (unpaired) electrons. The van der Waals surface area contributed by atoms with Gasteiger partial charge in [-0.1, -0.05) is 6.92 Å². The third-order valence-electron chi connectivity index (χ3n) is 3.27. The molecule has 1 N–H and O–H groups in total. The molecule has 0 amide bonds. The maximum Gasteiger partial charge on any atom is 0.138 e. The Bertz CT molecular complexity index is 529. The quantitative estimate of drug-likeness (QED) is 0.849. The molecule has 0 aliphatic heterocycles. The summed E-state index contributed by atoms with van der Waals surface area (Å²) in [5.74, 6) is 1.06. The van der Waals surface area contributed by atoms with Gasteiger partial charge in [0.1, 0.15) is 12.2 Å². The minimum absolute atomic E-state index is 0.329. The SMILES string of the molecule is CCCNC(Cc1ncnn1C(C)C)c1ccc(C)s1. The lowest BCUT2D eigenvalue weighted by Crippen LogP contribution is -2.25. The molecule has 0 bridgehead atoms. The number of rotatable bonds is 7. The molecule has 20 heavy (non-hydrogen) atoms. The van der Waals surface area contributed by atoms with Crippen molar-refractivity contribution in [3.63, 3.8) is 0 Å². The van der Waals surface area contributed by atoms with E-state index in [1.165, 1.54) is 9.75 Å². The molecule has 5 heteroatoms. The zero-order valence-electron chi connectivity index (χ0n) is 12.8. The van der Waals surface area contributed by atoms with Crippen LogP contribution in [0.5, 0.6) is 0 Å². The van der Waals surface area contributed by atoms with E-state index in [9.17, 15) is 0 Å². The van der Waals surface area contributed by atoms with Crippen LogP contribution in [0.15, 0.2) is 18.5 Å². The topological polar surface area (TPSA) is 42.7 Å². The first-order valence-electron chi connectivity index (χ1n) is 7.30. The molecule has 0 saturated carbocycles. The average Bonchev–Trinajstić information content (AvgIpc) is 3.03. The Balaban J connectivity index is 2.17. The van der Waals surface area contributed by atoms with Gasteiger partial charge in [0.2, 0.25) is 0 Å². The Labute approximate surface area is 125 Å². The van der Waals surface area contributed by atoms with Gasteiger partial charge in [0.05, 0.1) is 0 Å². The Kier molecular flexibility index (Phi) is 5.31. The molecule has 2 rings (SSSR count). The molecule has 1 unspecified atom stereocenters. The van der Waals surface area contributed by atoms with Crippen LogP contribution in [0.25, 0.3) is 0 Å². The van der Waals surface area contributed by atoms with Crippen molar-refractivity contribution in [2.24, 2.45) is 0 Å². The van der Waals surface area contributed by atoms with Crippen molar-refractivity contribution in [3.05, 3.63) is 34.0 Å². The van der Waals surface area contributed by atoms with Crippen molar-refractivity contribution in [3.8, 4) is 0 Å². The third-order valence-corrected chi connectivity index (χ3v) is 4.38. The molecular weight excluding hydrogens is 268 g/mol. The van der Waals surface area contributed by atoms with E-state index in [4.69, 9.17) is 0 Å². The fraction of sp³-hybridized carbons (Fsp3) is 0.600. The van der Waals surface area contributed by atoms with Gasteiger partial charge in [-0.15, -0.1) is 11.3 Å². The number of nitrogens with zero attached hydrogens (tertiary/aromatic N) is 3. The first kappa shape index (κ1) is 15.2. The zero-order valence-corrected chi connectivity index (χ0v) is 13.6. The van der Waals surface area contributed by atoms with Gasteiger partial charge in [-0.3, -0.25) is 0 Å². The molecule has 0 aliphatic carbocycles. The Morgan fingerprint density at radius 2 is 2.15 bits per heavy atom. The molecule has 0 fully saturated rings. The highest BCUT2D eigenvalue weighted by Gasteiger charge is 2.17. The number of aryl methyl sites for hydroxylation is 1. The van der Waals surface area contributed by atoms with E-state index < -0.39 is 0 Å². The van der Waals surface area contributed by atoms with Crippen LogP contribution in [0.1, 0.15) is 54.9 Å². The summed E-state index contributed by atoms with van der Waals surface area (Å²) >= 11 is 1.86. The molecule has 2 heterocycles. The van der Waals surface area contributed by atoms with E-state index in [1.807, 2.05) is 16.0 Å². The predicted molar refractivity (Wildman–Crippen MR) is 84.2 cm³/mol. The Morgan fingerprint density at radius 1 is 1.35 bits per heavy atom. The zero-order chi connectivity index (χ0) is 14.5. The number of hydrogen-bond acceptors (Lipinski definition) is 4. The minimum atomic E-state index is 0.329. The summed E-state index contributed by atoms with van der Waals surface area (Å²) < 4.78 is 2.01. The van der Waals surface area contributed by atoms with Crippen molar-refractivity contribution >= 4 is 11.3 Å². The summed E-state index contributed by atoms with van der Waals surface area (Å²) in [4.78, 5) is 7.17. The van der Waals surface area contributed by atoms with Crippen molar-refractivity contribution in [2.75, 3.05) is 6.54 Å². The van der Waals surface area contributed by atoms with Gasteiger partial charge in [0.25, 0.3) is 0 Å². The lowest BCUT2D eigenvalue weighted by Gasteiger charge is -2.18. The normalized spacial score (nSPS) is 13.1. The van der Waals surface area contributed by atoms with Crippen LogP contribution < -0.4 is 5.32 Å². The van der Waals surface area contributed by atoms with E-state index >= 15 is 0 Å². The smallest absolute Gasteiger partial charge is 0.138 e.